The summed E-state index contributed by atoms with van der Waals surface area (Å²) in [5.74, 6) is -1.01. The van der Waals surface area contributed by atoms with Crippen LogP contribution in [-0.4, -0.2) is 58.3 Å². The molecule has 0 aliphatic carbocycles. The van der Waals surface area contributed by atoms with Gasteiger partial charge in [0.25, 0.3) is 11.8 Å². The summed E-state index contributed by atoms with van der Waals surface area (Å²) in [6, 6.07) is 12.7. The van der Waals surface area contributed by atoms with E-state index < -0.39 is 16.6 Å². The number of rotatable bonds is 3. The molecule has 0 saturated carbocycles. The molecule has 3 rings (SSSR count). The molecule has 1 unspecified atom stereocenters. The molecule has 7 heteroatoms. The van der Waals surface area contributed by atoms with Crippen LogP contribution in [0.5, 0.6) is 0 Å². The number of carbonyl (C=O) groups excluding carboxylic acids is 2. The first-order valence-corrected chi connectivity index (χ1v) is 10.3. The maximum Gasteiger partial charge on any atom is 0.256 e. The fourth-order valence-corrected chi connectivity index (χ4v) is 3.62. The SMILES string of the molecule is CS(=O)c1ccc(C(=O)N2CCCN(C(=O)c3ccccc3F)CC2)cc1. The molecule has 0 bridgehead atoms. The highest BCUT2D eigenvalue weighted by Crippen LogP contribution is 2.15. The van der Waals surface area contributed by atoms with Gasteiger partial charge in [0.2, 0.25) is 0 Å². The van der Waals surface area contributed by atoms with Crippen LogP contribution in [0.1, 0.15) is 27.1 Å². The highest BCUT2D eigenvalue weighted by atomic mass is 32.2. The Kier molecular flexibility index (Phi) is 6.01. The van der Waals surface area contributed by atoms with Gasteiger partial charge in [-0.15, -0.1) is 0 Å². The van der Waals surface area contributed by atoms with E-state index in [4.69, 9.17) is 0 Å². The normalized spacial score (nSPS) is 15.9. The molecule has 2 amide bonds. The molecule has 0 spiro atoms. The van der Waals surface area contributed by atoms with Crippen LogP contribution in [0.3, 0.4) is 0 Å². The lowest BCUT2D eigenvalue weighted by Gasteiger charge is -2.22. The van der Waals surface area contributed by atoms with Crippen molar-refractivity contribution < 1.29 is 18.2 Å². The van der Waals surface area contributed by atoms with Gasteiger partial charge >= 0.3 is 0 Å². The largest absolute Gasteiger partial charge is 0.337 e. The van der Waals surface area contributed by atoms with Crippen molar-refractivity contribution >= 4 is 22.6 Å². The third kappa shape index (κ3) is 4.42. The Labute approximate surface area is 160 Å². The van der Waals surface area contributed by atoms with Crippen LogP contribution in [0, 0.1) is 5.82 Å². The minimum Gasteiger partial charge on any atom is -0.337 e. The van der Waals surface area contributed by atoms with Crippen LogP contribution in [0.4, 0.5) is 4.39 Å². The second-order valence-electron chi connectivity index (χ2n) is 6.40. The fourth-order valence-electron chi connectivity index (χ4n) is 3.10. The van der Waals surface area contributed by atoms with Gasteiger partial charge in [0.15, 0.2) is 0 Å². The number of hydrogen-bond donors (Lipinski definition) is 0. The molecule has 1 aliphatic rings. The molecule has 2 aromatic rings. The first kappa shape index (κ1) is 19.2. The predicted octanol–water partition coefficient (Wildman–Crippen LogP) is 2.55. The Bertz CT molecular complexity index is 870. The van der Waals surface area contributed by atoms with Crippen molar-refractivity contribution in [2.75, 3.05) is 32.4 Å². The van der Waals surface area contributed by atoms with Crippen LogP contribution < -0.4 is 0 Å². The van der Waals surface area contributed by atoms with Crippen LogP contribution in [-0.2, 0) is 10.8 Å². The van der Waals surface area contributed by atoms with E-state index in [2.05, 4.69) is 0 Å². The van der Waals surface area contributed by atoms with E-state index in [9.17, 15) is 18.2 Å². The van der Waals surface area contributed by atoms with Crippen molar-refractivity contribution in [2.45, 2.75) is 11.3 Å². The maximum absolute atomic E-state index is 13.9. The smallest absolute Gasteiger partial charge is 0.256 e. The van der Waals surface area contributed by atoms with Crippen LogP contribution in [0.15, 0.2) is 53.4 Å². The van der Waals surface area contributed by atoms with Crippen molar-refractivity contribution in [1.29, 1.82) is 0 Å². The molecular formula is C20H21FN2O3S. The van der Waals surface area contributed by atoms with E-state index in [0.717, 1.165) is 0 Å². The van der Waals surface area contributed by atoms with Gasteiger partial charge in [-0.1, -0.05) is 12.1 Å². The molecule has 1 saturated heterocycles. The zero-order valence-electron chi connectivity index (χ0n) is 15.1. The molecule has 1 atom stereocenters. The first-order chi connectivity index (χ1) is 13.0. The van der Waals surface area contributed by atoms with Gasteiger partial charge in [-0.3, -0.25) is 13.8 Å². The van der Waals surface area contributed by atoms with E-state index in [-0.39, 0.29) is 17.4 Å². The van der Waals surface area contributed by atoms with Gasteiger partial charge in [-0.2, -0.15) is 0 Å². The van der Waals surface area contributed by atoms with Gasteiger partial charge in [-0.25, -0.2) is 4.39 Å². The average molecular weight is 388 g/mol. The molecule has 2 aromatic carbocycles. The van der Waals surface area contributed by atoms with Crippen molar-refractivity contribution in [1.82, 2.24) is 9.80 Å². The number of halogens is 1. The van der Waals surface area contributed by atoms with Gasteiger partial charge in [0.05, 0.1) is 5.56 Å². The summed E-state index contributed by atoms with van der Waals surface area (Å²) < 4.78 is 25.3. The highest BCUT2D eigenvalue weighted by Gasteiger charge is 2.24. The molecule has 1 fully saturated rings. The minimum absolute atomic E-state index is 0.0560. The Morgan fingerprint density at radius 2 is 1.48 bits per heavy atom. The molecule has 0 aromatic heterocycles. The summed E-state index contributed by atoms with van der Waals surface area (Å²) in [6.07, 6.45) is 2.22. The first-order valence-electron chi connectivity index (χ1n) is 8.74. The van der Waals surface area contributed by atoms with Crippen molar-refractivity contribution in [2.24, 2.45) is 0 Å². The standard InChI is InChI=1S/C20H21FN2O3S/c1-27(26)16-9-7-15(8-10-16)19(24)22-11-4-12-23(14-13-22)20(25)17-5-2-3-6-18(17)21/h2-3,5-10H,4,11-14H2,1H3. The molecule has 0 N–H and O–H groups in total. The summed E-state index contributed by atoms with van der Waals surface area (Å²) >= 11 is 0. The number of hydrogen-bond acceptors (Lipinski definition) is 3. The summed E-state index contributed by atoms with van der Waals surface area (Å²) in [4.78, 5) is 29.3. The summed E-state index contributed by atoms with van der Waals surface area (Å²) in [7, 11) is -1.09. The quantitative estimate of drug-likeness (QED) is 0.812. The highest BCUT2D eigenvalue weighted by molar-refractivity contribution is 7.84. The molecule has 27 heavy (non-hydrogen) atoms. The summed E-state index contributed by atoms with van der Waals surface area (Å²) in [6.45, 7) is 1.75. The number of benzene rings is 2. The van der Waals surface area contributed by atoms with Gasteiger partial charge < -0.3 is 9.80 Å². The van der Waals surface area contributed by atoms with Crippen molar-refractivity contribution in [3.05, 3.63) is 65.5 Å². The van der Waals surface area contributed by atoms with E-state index in [1.54, 1.807) is 52.5 Å². The molecule has 5 nitrogen and oxygen atoms in total. The Morgan fingerprint density at radius 3 is 2.07 bits per heavy atom. The lowest BCUT2D eigenvalue weighted by molar-refractivity contribution is 0.0716. The lowest BCUT2D eigenvalue weighted by Crippen LogP contribution is -2.37. The number of carbonyl (C=O) groups is 2. The van der Waals surface area contributed by atoms with Crippen molar-refractivity contribution in [3.63, 3.8) is 0 Å². The molecule has 0 radical (unpaired) electrons. The average Bonchev–Trinajstić information content (AvgIpc) is 2.93. The summed E-state index contributed by atoms with van der Waals surface area (Å²) in [5.41, 5.74) is 0.582. The molecule has 1 heterocycles. The topological polar surface area (TPSA) is 57.7 Å². The van der Waals surface area contributed by atoms with Crippen LogP contribution in [0.2, 0.25) is 0 Å². The van der Waals surface area contributed by atoms with E-state index >= 15 is 0 Å². The van der Waals surface area contributed by atoms with Gasteiger partial charge in [-0.05, 0) is 42.8 Å². The molecular weight excluding hydrogens is 367 g/mol. The molecule has 1 aliphatic heterocycles. The van der Waals surface area contributed by atoms with Gasteiger partial charge in [0, 0.05) is 53.7 Å². The van der Waals surface area contributed by atoms with Crippen molar-refractivity contribution in [3.8, 4) is 0 Å². The minimum atomic E-state index is -1.09. The zero-order chi connectivity index (χ0) is 19.4. The number of nitrogens with zero attached hydrogens (tertiary/aromatic N) is 2. The van der Waals surface area contributed by atoms with E-state index in [1.807, 2.05) is 0 Å². The van der Waals surface area contributed by atoms with Crippen LogP contribution in [0.25, 0.3) is 0 Å². The predicted molar refractivity (Wildman–Crippen MR) is 102 cm³/mol. The molecule has 142 valence electrons. The monoisotopic (exact) mass is 388 g/mol. The second-order valence-corrected chi connectivity index (χ2v) is 7.78. The number of amides is 2. The third-order valence-electron chi connectivity index (χ3n) is 4.61. The van der Waals surface area contributed by atoms with E-state index in [0.29, 0.717) is 43.1 Å². The van der Waals surface area contributed by atoms with E-state index in [1.165, 1.54) is 12.1 Å². The Morgan fingerprint density at radius 1 is 0.889 bits per heavy atom. The second kappa shape index (κ2) is 8.43. The third-order valence-corrected chi connectivity index (χ3v) is 5.54. The fraction of sp³-hybridized carbons (Fsp3) is 0.300. The lowest BCUT2D eigenvalue weighted by atomic mass is 10.2. The Hall–Kier alpha value is -2.54. The maximum atomic E-state index is 13.9. The summed E-state index contributed by atoms with van der Waals surface area (Å²) in [5, 5.41) is 0. The van der Waals surface area contributed by atoms with Crippen LogP contribution >= 0.6 is 0 Å². The Balaban J connectivity index is 1.67. The zero-order valence-corrected chi connectivity index (χ0v) is 15.9. The van der Waals surface area contributed by atoms with Gasteiger partial charge in [0.1, 0.15) is 5.82 Å².